The monoisotopic (exact) mass is 288 g/mol. The highest BCUT2D eigenvalue weighted by Gasteiger charge is 1.93. The van der Waals surface area contributed by atoms with Crippen molar-refractivity contribution in [1.82, 2.24) is 9.97 Å². The Morgan fingerprint density at radius 3 is 3.08 bits per heavy atom. The van der Waals surface area contributed by atoms with Crippen LogP contribution in [-0.2, 0) is 0 Å². The van der Waals surface area contributed by atoms with Crippen molar-refractivity contribution in [3.8, 4) is 0 Å². The first-order valence-electron chi connectivity index (χ1n) is 3.40. The van der Waals surface area contributed by atoms with Crippen molar-refractivity contribution in [2.45, 2.75) is 0 Å². The molecule has 0 bridgehead atoms. The van der Waals surface area contributed by atoms with E-state index < -0.39 is 0 Å². The number of benzene rings is 1. The van der Waals surface area contributed by atoms with Crippen LogP contribution < -0.4 is 0 Å². The second-order valence-corrected chi connectivity index (χ2v) is 4.05. The quantitative estimate of drug-likeness (QED) is 0.596. The molecule has 1 N–H and O–H groups in total. The largest absolute Gasteiger partial charge is 0.330 e. The van der Waals surface area contributed by atoms with E-state index >= 15 is 0 Å². The molecule has 2 rings (SSSR count). The molecule has 1 aromatic heterocycles. The third kappa shape index (κ3) is 1.49. The number of hydrogen-bond donors (Lipinski definition) is 1. The molecule has 1 heterocycles. The number of aromatic amines is 1. The van der Waals surface area contributed by atoms with Crippen molar-refractivity contribution in [2.75, 3.05) is 0 Å². The normalized spacial score (nSPS) is 10.4. The third-order valence-corrected chi connectivity index (χ3v) is 2.45. The van der Waals surface area contributed by atoms with Crippen LogP contribution in [0.4, 0.5) is 0 Å². The van der Waals surface area contributed by atoms with Crippen molar-refractivity contribution in [1.29, 1.82) is 0 Å². The van der Waals surface area contributed by atoms with Crippen LogP contribution in [0, 0.1) is 8.34 Å². The summed E-state index contributed by atoms with van der Waals surface area (Å²) in [4.78, 5) is 7.02. The van der Waals surface area contributed by atoms with Gasteiger partial charge in [0.25, 0.3) is 0 Å². The van der Waals surface area contributed by atoms with Gasteiger partial charge in [-0.1, -0.05) is 0 Å². The fourth-order valence-corrected chi connectivity index (χ4v) is 1.71. The highest BCUT2D eigenvalue weighted by atomic mass is 127. The number of halogens is 1. The van der Waals surface area contributed by atoms with Crippen LogP contribution in [0.1, 0.15) is 0 Å². The molecule has 0 amide bonds. The Hall–Kier alpha value is -0.490. The Kier molecular flexibility index (Phi) is 2.10. The van der Waals surface area contributed by atoms with E-state index in [1.165, 1.54) is 3.57 Å². The molecule has 60 valence electrons. The maximum atomic E-state index is 4.90. The first-order valence-corrected chi connectivity index (χ1v) is 4.89. The van der Waals surface area contributed by atoms with Gasteiger partial charge in [-0.15, -0.1) is 0 Å². The van der Waals surface area contributed by atoms with E-state index in [1.54, 1.807) is 6.20 Å². The number of H-pyrrole nitrogens is 1. The molecule has 0 spiro atoms. The number of aromatic nitrogens is 2. The van der Waals surface area contributed by atoms with Crippen LogP contribution in [-0.4, -0.2) is 9.97 Å². The van der Waals surface area contributed by atoms with E-state index in [9.17, 15) is 0 Å². The van der Waals surface area contributed by atoms with E-state index in [4.69, 9.17) is 12.2 Å². The maximum Gasteiger partial charge on any atom is 0.197 e. The molecular formula is C8H5IN2S. The van der Waals surface area contributed by atoms with Gasteiger partial charge < -0.3 is 4.98 Å². The van der Waals surface area contributed by atoms with Gasteiger partial charge in [0.2, 0.25) is 0 Å². The summed E-state index contributed by atoms with van der Waals surface area (Å²) in [6.45, 7) is 0. The second-order valence-electron chi connectivity index (χ2n) is 2.42. The van der Waals surface area contributed by atoms with E-state index in [0.29, 0.717) is 4.77 Å². The Labute approximate surface area is 88.2 Å². The summed E-state index contributed by atoms with van der Waals surface area (Å²) in [6, 6.07) is 6.11. The summed E-state index contributed by atoms with van der Waals surface area (Å²) in [7, 11) is 0. The SMILES string of the molecule is S=c1ncc2cc(I)ccc2[nH]1. The smallest absolute Gasteiger partial charge is 0.197 e. The molecule has 4 heteroatoms. The Morgan fingerprint density at radius 1 is 1.42 bits per heavy atom. The van der Waals surface area contributed by atoms with Crippen molar-refractivity contribution in [3.05, 3.63) is 32.7 Å². The molecule has 2 aromatic rings. The van der Waals surface area contributed by atoms with Gasteiger partial charge in [0, 0.05) is 20.7 Å². The Balaban J connectivity index is 2.87. The van der Waals surface area contributed by atoms with E-state index in [0.717, 1.165) is 10.9 Å². The topological polar surface area (TPSA) is 28.7 Å². The summed E-state index contributed by atoms with van der Waals surface area (Å²) >= 11 is 7.17. The van der Waals surface area contributed by atoms with Crippen LogP contribution in [0.25, 0.3) is 10.9 Å². The molecule has 1 aromatic carbocycles. The van der Waals surface area contributed by atoms with Crippen LogP contribution in [0.15, 0.2) is 24.4 Å². The lowest BCUT2D eigenvalue weighted by Crippen LogP contribution is -1.83. The summed E-state index contributed by atoms with van der Waals surface area (Å²) in [5.41, 5.74) is 1.04. The Bertz CT molecular complexity index is 478. The van der Waals surface area contributed by atoms with Gasteiger partial charge >= 0.3 is 0 Å². The zero-order valence-electron chi connectivity index (χ0n) is 6.04. The molecule has 0 atom stereocenters. The second kappa shape index (κ2) is 3.10. The molecule has 0 unspecified atom stereocenters. The highest BCUT2D eigenvalue weighted by molar-refractivity contribution is 14.1. The van der Waals surface area contributed by atoms with Crippen LogP contribution in [0.3, 0.4) is 0 Å². The van der Waals surface area contributed by atoms with Crippen LogP contribution in [0.5, 0.6) is 0 Å². The van der Waals surface area contributed by atoms with Gasteiger partial charge in [-0.05, 0) is 53.0 Å². The summed E-state index contributed by atoms with van der Waals surface area (Å²) < 4.78 is 1.73. The molecule has 0 saturated heterocycles. The molecule has 0 fully saturated rings. The zero-order valence-corrected chi connectivity index (χ0v) is 9.02. The first kappa shape index (κ1) is 8.12. The average molecular weight is 288 g/mol. The average Bonchev–Trinajstić information content (AvgIpc) is 2.05. The molecule has 0 aliphatic rings. The van der Waals surface area contributed by atoms with Crippen molar-refractivity contribution in [2.24, 2.45) is 0 Å². The highest BCUT2D eigenvalue weighted by Crippen LogP contribution is 2.13. The summed E-state index contributed by atoms with van der Waals surface area (Å²) in [6.07, 6.45) is 1.79. The standard InChI is InChI=1S/C8H5IN2S/c9-6-1-2-7-5(3-6)4-10-8(12)11-7/h1-4H,(H,10,11,12). The fraction of sp³-hybridized carbons (Fsp3) is 0. The lowest BCUT2D eigenvalue weighted by molar-refractivity contribution is 1.18. The lowest BCUT2D eigenvalue weighted by Gasteiger charge is -1.96. The van der Waals surface area contributed by atoms with Crippen LogP contribution >= 0.6 is 34.8 Å². The minimum atomic E-state index is 0.531. The van der Waals surface area contributed by atoms with Gasteiger partial charge in [-0.2, -0.15) is 0 Å². The number of nitrogens with one attached hydrogen (secondary N) is 1. The molecule has 0 saturated carbocycles. The van der Waals surface area contributed by atoms with Gasteiger partial charge in [-0.3, -0.25) is 0 Å². The van der Waals surface area contributed by atoms with Crippen LogP contribution in [0.2, 0.25) is 0 Å². The minimum absolute atomic E-state index is 0.531. The van der Waals surface area contributed by atoms with Gasteiger partial charge in [0.15, 0.2) is 4.77 Å². The third-order valence-electron chi connectivity index (χ3n) is 1.58. The van der Waals surface area contributed by atoms with E-state index in [1.807, 2.05) is 12.1 Å². The summed E-state index contributed by atoms with van der Waals surface area (Å²) in [5.74, 6) is 0. The number of fused-ring (bicyclic) bond motifs is 1. The number of rotatable bonds is 0. The van der Waals surface area contributed by atoms with Crippen molar-refractivity contribution >= 4 is 45.7 Å². The summed E-state index contributed by atoms with van der Waals surface area (Å²) in [5, 5.41) is 1.09. The van der Waals surface area contributed by atoms with Gasteiger partial charge in [0.1, 0.15) is 0 Å². The zero-order chi connectivity index (χ0) is 8.55. The van der Waals surface area contributed by atoms with Crippen molar-refractivity contribution < 1.29 is 0 Å². The fourth-order valence-electron chi connectivity index (χ4n) is 1.03. The predicted octanol–water partition coefficient (Wildman–Crippen LogP) is 2.90. The maximum absolute atomic E-state index is 4.90. The molecule has 0 aliphatic heterocycles. The number of hydrogen-bond acceptors (Lipinski definition) is 2. The molecular weight excluding hydrogens is 283 g/mol. The van der Waals surface area contributed by atoms with Crippen molar-refractivity contribution in [3.63, 3.8) is 0 Å². The molecule has 0 aliphatic carbocycles. The van der Waals surface area contributed by atoms with E-state index in [2.05, 4.69) is 38.6 Å². The van der Waals surface area contributed by atoms with Gasteiger partial charge in [-0.25, -0.2) is 4.98 Å². The predicted molar refractivity (Wildman–Crippen MR) is 59.6 cm³/mol. The molecule has 0 radical (unpaired) electrons. The lowest BCUT2D eigenvalue weighted by atomic mass is 10.2. The minimum Gasteiger partial charge on any atom is -0.330 e. The Morgan fingerprint density at radius 2 is 2.25 bits per heavy atom. The number of nitrogens with zero attached hydrogens (tertiary/aromatic N) is 1. The molecule has 12 heavy (non-hydrogen) atoms. The van der Waals surface area contributed by atoms with Gasteiger partial charge in [0.05, 0.1) is 0 Å². The first-order chi connectivity index (χ1) is 5.75. The molecule has 2 nitrogen and oxygen atoms in total. The van der Waals surface area contributed by atoms with E-state index in [-0.39, 0.29) is 0 Å².